The first-order valence-corrected chi connectivity index (χ1v) is 9.75. The normalized spacial score (nSPS) is 11.5. The molecule has 0 aliphatic rings. The lowest BCUT2D eigenvalue weighted by atomic mass is 10.1. The third kappa shape index (κ3) is 4.63. The Morgan fingerprint density at radius 2 is 1.83 bits per heavy atom. The van der Waals surface area contributed by atoms with Gasteiger partial charge in [-0.2, -0.15) is 0 Å². The summed E-state index contributed by atoms with van der Waals surface area (Å²) >= 11 is 12.0. The van der Waals surface area contributed by atoms with E-state index in [-0.39, 0.29) is 16.5 Å². The molecule has 0 saturated carbocycles. The van der Waals surface area contributed by atoms with Crippen LogP contribution in [0.5, 0.6) is 5.75 Å². The van der Waals surface area contributed by atoms with Crippen LogP contribution in [0.2, 0.25) is 10.0 Å². The Hall–Kier alpha value is -1.27. The highest BCUT2D eigenvalue weighted by Gasteiger charge is 2.19. The number of benzene rings is 2. The molecule has 0 bridgehead atoms. The van der Waals surface area contributed by atoms with Crippen LogP contribution < -0.4 is 9.46 Å². The topological polar surface area (TPSA) is 55.4 Å². The van der Waals surface area contributed by atoms with Gasteiger partial charge < -0.3 is 4.74 Å². The van der Waals surface area contributed by atoms with Gasteiger partial charge in [0.1, 0.15) is 10.6 Å². The third-order valence-corrected chi connectivity index (χ3v) is 5.79. The standard InChI is InChI=1S/C17H19Cl2NO3S/c1-3-23-16-7-5-4-6-13(16)8-9-20-24(21,22)17-10-12(2)14(18)11-15(17)19/h4-7,10-11,20H,3,8-9H2,1-2H3. The summed E-state index contributed by atoms with van der Waals surface area (Å²) in [6.45, 7) is 4.44. The zero-order valence-electron chi connectivity index (χ0n) is 13.5. The molecule has 0 atom stereocenters. The van der Waals surface area contributed by atoms with Crippen molar-refractivity contribution in [3.63, 3.8) is 0 Å². The number of hydrogen-bond acceptors (Lipinski definition) is 3. The van der Waals surface area contributed by atoms with E-state index >= 15 is 0 Å². The summed E-state index contributed by atoms with van der Waals surface area (Å²) in [7, 11) is -3.71. The van der Waals surface area contributed by atoms with Gasteiger partial charge in [-0.1, -0.05) is 41.4 Å². The molecule has 0 saturated heterocycles. The Kier molecular flexibility index (Phi) is 6.52. The fourth-order valence-electron chi connectivity index (χ4n) is 2.24. The maximum atomic E-state index is 12.4. The average Bonchev–Trinajstić information content (AvgIpc) is 2.52. The van der Waals surface area contributed by atoms with Crippen molar-refractivity contribution in [2.45, 2.75) is 25.2 Å². The van der Waals surface area contributed by atoms with Gasteiger partial charge in [-0.25, -0.2) is 13.1 Å². The van der Waals surface area contributed by atoms with Crippen LogP contribution >= 0.6 is 23.2 Å². The second kappa shape index (κ2) is 8.21. The van der Waals surface area contributed by atoms with Gasteiger partial charge in [-0.15, -0.1) is 0 Å². The van der Waals surface area contributed by atoms with Gasteiger partial charge in [-0.05, 0) is 49.6 Å². The zero-order chi connectivity index (χ0) is 17.7. The zero-order valence-corrected chi connectivity index (χ0v) is 15.8. The number of nitrogens with one attached hydrogen (secondary N) is 1. The largest absolute Gasteiger partial charge is 0.494 e. The first-order valence-electron chi connectivity index (χ1n) is 7.51. The molecule has 0 heterocycles. The highest BCUT2D eigenvalue weighted by Crippen LogP contribution is 2.28. The number of para-hydroxylation sites is 1. The summed E-state index contributed by atoms with van der Waals surface area (Å²) in [4.78, 5) is 0.0316. The minimum atomic E-state index is -3.71. The van der Waals surface area contributed by atoms with E-state index in [1.807, 2.05) is 31.2 Å². The molecule has 2 aromatic carbocycles. The van der Waals surface area contributed by atoms with E-state index in [0.717, 1.165) is 11.3 Å². The van der Waals surface area contributed by atoms with Crippen LogP contribution in [0.25, 0.3) is 0 Å². The lowest BCUT2D eigenvalue weighted by Gasteiger charge is -2.12. The summed E-state index contributed by atoms with van der Waals surface area (Å²) in [6.07, 6.45) is 0.513. The molecule has 2 rings (SSSR count). The first kappa shape index (κ1) is 19.1. The van der Waals surface area contributed by atoms with Crippen molar-refractivity contribution in [2.24, 2.45) is 0 Å². The fraction of sp³-hybridized carbons (Fsp3) is 0.294. The molecule has 24 heavy (non-hydrogen) atoms. The molecule has 0 amide bonds. The summed E-state index contributed by atoms with van der Waals surface area (Å²) in [6, 6.07) is 10.5. The van der Waals surface area contributed by atoms with Crippen molar-refractivity contribution >= 4 is 33.2 Å². The van der Waals surface area contributed by atoms with Crippen LogP contribution in [0.4, 0.5) is 0 Å². The van der Waals surface area contributed by atoms with Gasteiger partial charge >= 0.3 is 0 Å². The van der Waals surface area contributed by atoms with Gasteiger partial charge in [0.2, 0.25) is 10.0 Å². The third-order valence-electron chi connectivity index (χ3n) is 3.46. The van der Waals surface area contributed by atoms with Crippen LogP contribution in [0, 0.1) is 6.92 Å². The summed E-state index contributed by atoms with van der Waals surface area (Å²) in [5.74, 6) is 0.763. The number of rotatable bonds is 7. The second-order valence-electron chi connectivity index (χ2n) is 5.22. The minimum absolute atomic E-state index is 0.0316. The molecule has 0 aromatic heterocycles. The van der Waals surface area contributed by atoms with Crippen LogP contribution in [-0.4, -0.2) is 21.6 Å². The van der Waals surface area contributed by atoms with Gasteiger partial charge in [0.15, 0.2) is 0 Å². The summed E-state index contributed by atoms with van der Waals surface area (Å²) in [5.41, 5.74) is 1.60. The SMILES string of the molecule is CCOc1ccccc1CCNS(=O)(=O)c1cc(C)c(Cl)cc1Cl. The molecule has 4 nitrogen and oxygen atoms in total. The van der Waals surface area contributed by atoms with E-state index < -0.39 is 10.0 Å². The Morgan fingerprint density at radius 1 is 1.12 bits per heavy atom. The number of aryl methyl sites for hydroxylation is 1. The van der Waals surface area contributed by atoms with Gasteiger partial charge in [0.05, 0.1) is 11.6 Å². The van der Waals surface area contributed by atoms with Crippen molar-refractivity contribution in [3.8, 4) is 5.75 Å². The van der Waals surface area contributed by atoms with Gasteiger partial charge in [0.25, 0.3) is 0 Å². The number of hydrogen-bond donors (Lipinski definition) is 1. The number of ether oxygens (including phenoxy) is 1. The van der Waals surface area contributed by atoms with Crippen molar-refractivity contribution in [3.05, 3.63) is 57.6 Å². The lowest BCUT2D eigenvalue weighted by molar-refractivity contribution is 0.336. The highest BCUT2D eigenvalue weighted by atomic mass is 35.5. The lowest BCUT2D eigenvalue weighted by Crippen LogP contribution is -2.26. The molecule has 0 fully saturated rings. The highest BCUT2D eigenvalue weighted by molar-refractivity contribution is 7.89. The molecule has 0 radical (unpaired) electrons. The van der Waals surface area contributed by atoms with E-state index in [4.69, 9.17) is 27.9 Å². The maximum absolute atomic E-state index is 12.4. The molecule has 7 heteroatoms. The van der Waals surface area contributed by atoms with Crippen molar-refractivity contribution in [1.82, 2.24) is 4.72 Å². The molecule has 130 valence electrons. The number of sulfonamides is 1. The van der Waals surface area contributed by atoms with Crippen molar-refractivity contribution in [1.29, 1.82) is 0 Å². The molecule has 2 aromatic rings. The maximum Gasteiger partial charge on any atom is 0.242 e. The Labute approximate surface area is 152 Å². The molecule has 1 N–H and O–H groups in total. The van der Waals surface area contributed by atoms with E-state index in [0.29, 0.717) is 23.6 Å². The average molecular weight is 388 g/mol. The summed E-state index contributed by atoms with van der Waals surface area (Å²) < 4.78 is 33.0. The molecule has 0 unspecified atom stereocenters. The minimum Gasteiger partial charge on any atom is -0.494 e. The molecule has 0 aliphatic carbocycles. The van der Waals surface area contributed by atoms with Crippen LogP contribution in [0.15, 0.2) is 41.3 Å². The fourth-order valence-corrected chi connectivity index (χ4v) is 4.10. The quantitative estimate of drug-likeness (QED) is 0.773. The Bertz CT molecular complexity index is 823. The predicted molar refractivity (Wildman–Crippen MR) is 97.7 cm³/mol. The smallest absolute Gasteiger partial charge is 0.242 e. The Morgan fingerprint density at radius 3 is 2.54 bits per heavy atom. The van der Waals surface area contributed by atoms with Crippen LogP contribution in [0.3, 0.4) is 0 Å². The van der Waals surface area contributed by atoms with E-state index in [1.54, 1.807) is 6.92 Å². The van der Waals surface area contributed by atoms with Crippen molar-refractivity contribution in [2.75, 3.05) is 13.2 Å². The monoisotopic (exact) mass is 387 g/mol. The van der Waals surface area contributed by atoms with Crippen LogP contribution in [0.1, 0.15) is 18.1 Å². The van der Waals surface area contributed by atoms with Gasteiger partial charge in [-0.3, -0.25) is 0 Å². The second-order valence-corrected chi connectivity index (χ2v) is 7.77. The molecular formula is C17H19Cl2NO3S. The Balaban J connectivity index is 2.10. The molecule has 0 spiro atoms. The summed E-state index contributed by atoms with van der Waals surface area (Å²) in [5, 5.41) is 0.539. The van der Waals surface area contributed by atoms with Gasteiger partial charge in [0, 0.05) is 11.6 Å². The molecular weight excluding hydrogens is 369 g/mol. The van der Waals surface area contributed by atoms with Crippen LogP contribution in [-0.2, 0) is 16.4 Å². The predicted octanol–water partition coefficient (Wildman–Crippen LogP) is 4.22. The van der Waals surface area contributed by atoms with E-state index in [2.05, 4.69) is 4.72 Å². The first-order chi connectivity index (χ1) is 11.3. The van der Waals surface area contributed by atoms with E-state index in [1.165, 1.54) is 12.1 Å². The van der Waals surface area contributed by atoms with Crippen molar-refractivity contribution < 1.29 is 13.2 Å². The molecule has 0 aliphatic heterocycles. The van der Waals surface area contributed by atoms with E-state index in [9.17, 15) is 8.42 Å². The number of halogens is 2.